The molecule has 0 bridgehead atoms. The van der Waals surface area contributed by atoms with Gasteiger partial charge in [-0.15, -0.1) is 0 Å². The minimum absolute atomic E-state index is 0.238. The number of hydrogen-bond donors (Lipinski definition) is 0. The summed E-state index contributed by atoms with van der Waals surface area (Å²) in [5, 5.41) is 0. The highest BCUT2D eigenvalue weighted by Gasteiger charge is 2.13. The maximum Gasteiger partial charge on any atom is 0.296 e. The molecule has 1 aromatic carbocycles. The normalized spacial score (nSPS) is 11.1. The van der Waals surface area contributed by atoms with E-state index in [0.29, 0.717) is 0 Å². The minimum Gasteiger partial charge on any atom is -0.266 e. The molecule has 0 aliphatic rings. The molecule has 0 fully saturated rings. The van der Waals surface area contributed by atoms with Crippen LogP contribution < -0.4 is 4.57 Å². The SMILES string of the molecule is CCCCCCCCCCCCOS(=O)(=O)c1ccccc1.CCCC[n+]1ccccc1. The summed E-state index contributed by atoms with van der Waals surface area (Å²) < 4.78 is 31.0. The Morgan fingerprint density at radius 1 is 0.656 bits per heavy atom. The minimum atomic E-state index is -3.57. The van der Waals surface area contributed by atoms with Gasteiger partial charge in [0.1, 0.15) is 6.54 Å². The van der Waals surface area contributed by atoms with Crippen LogP contribution in [-0.2, 0) is 20.8 Å². The average Bonchev–Trinajstić information content (AvgIpc) is 2.83. The summed E-state index contributed by atoms with van der Waals surface area (Å²) in [6.07, 6.45) is 19.0. The van der Waals surface area contributed by atoms with E-state index in [2.05, 4.69) is 42.9 Å². The smallest absolute Gasteiger partial charge is 0.266 e. The lowest BCUT2D eigenvalue weighted by molar-refractivity contribution is -0.697. The fourth-order valence-corrected chi connectivity index (χ4v) is 4.30. The first kappa shape index (κ1) is 28.3. The highest BCUT2D eigenvalue weighted by molar-refractivity contribution is 7.86. The van der Waals surface area contributed by atoms with Gasteiger partial charge in [0, 0.05) is 18.6 Å². The third kappa shape index (κ3) is 14.4. The van der Waals surface area contributed by atoms with E-state index in [1.165, 1.54) is 64.2 Å². The summed E-state index contributed by atoms with van der Waals surface area (Å²) in [6, 6.07) is 14.5. The van der Waals surface area contributed by atoms with Crippen LogP contribution in [0.1, 0.15) is 90.9 Å². The Labute approximate surface area is 197 Å². The fraction of sp³-hybridized carbons (Fsp3) is 0.593. The number of benzene rings is 1. The molecule has 0 amide bonds. The molecule has 0 N–H and O–H groups in total. The van der Waals surface area contributed by atoms with Gasteiger partial charge in [-0.1, -0.05) is 102 Å². The van der Waals surface area contributed by atoms with E-state index in [-0.39, 0.29) is 11.5 Å². The van der Waals surface area contributed by atoms with Crippen LogP contribution in [0.2, 0.25) is 0 Å². The van der Waals surface area contributed by atoms with Crippen molar-refractivity contribution in [3.05, 3.63) is 60.9 Å². The molecule has 4 nitrogen and oxygen atoms in total. The summed E-state index contributed by atoms with van der Waals surface area (Å²) in [7, 11) is -3.57. The number of pyridine rings is 1. The summed E-state index contributed by atoms with van der Waals surface area (Å²) in [5.74, 6) is 0. The van der Waals surface area contributed by atoms with Gasteiger partial charge in [0.15, 0.2) is 12.4 Å². The van der Waals surface area contributed by atoms with Gasteiger partial charge in [-0.2, -0.15) is 8.42 Å². The Hall–Kier alpha value is -1.72. The van der Waals surface area contributed by atoms with Crippen molar-refractivity contribution in [2.24, 2.45) is 0 Å². The van der Waals surface area contributed by atoms with E-state index >= 15 is 0 Å². The Bertz CT molecular complexity index is 764. The van der Waals surface area contributed by atoms with Crippen molar-refractivity contribution < 1.29 is 17.2 Å². The Morgan fingerprint density at radius 3 is 1.72 bits per heavy atom. The molecule has 0 saturated heterocycles. The van der Waals surface area contributed by atoms with Crippen LogP contribution in [0.4, 0.5) is 0 Å². The van der Waals surface area contributed by atoms with Crippen LogP contribution in [0.5, 0.6) is 0 Å². The Kier molecular flexibility index (Phi) is 16.6. The number of rotatable bonds is 16. The second kappa shape index (κ2) is 18.8. The predicted molar refractivity (Wildman–Crippen MR) is 133 cm³/mol. The molecule has 0 unspecified atom stereocenters. The molecule has 5 heteroatoms. The molecule has 2 rings (SSSR count). The first-order valence-corrected chi connectivity index (χ1v) is 13.9. The topological polar surface area (TPSA) is 47.3 Å². The lowest BCUT2D eigenvalue weighted by Gasteiger charge is -2.05. The van der Waals surface area contributed by atoms with E-state index in [9.17, 15) is 8.42 Å². The molecule has 0 atom stereocenters. The Morgan fingerprint density at radius 2 is 1.16 bits per heavy atom. The average molecular weight is 463 g/mol. The van der Waals surface area contributed by atoms with Gasteiger partial charge in [0.2, 0.25) is 0 Å². The van der Waals surface area contributed by atoms with Gasteiger partial charge < -0.3 is 0 Å². The highest BCUT2D eigenvalue weighted by Crippen LogP contribution is 2.13. The molecular formula is C27H44NO3S+. The van der Waals surface area contributed by atoms with E-state index in [4.69, 9.17) is 4.18 Å². The van der Waals surface area contributed by atoms with E-state index in [0.717, 1.165) is 19.4 Å². The molecule has 0 aliphatic heterocycles. The monoisotopic (exact) mass is 462 g/mol. The second-order valence-corrected chi connectivity index (χ2v) is 9.85. The number of unbranched alkanes of at least 4 members (excludes halogenated alkanes) is 10. The van der Waals surface area contributed by atoms with Crippen molar-refractivity contribution in [3.63, 3.8) is 0 Å². The number of nitrogens with zero attached hydrogens (tertiary/aromatic N) is 1. The lowest BCUT2D eigenvalue weighted by Crippen LogP contribution is -2.31. The van der Waals surface area contributed by atoms with Gasteiger partial charge in [-0.3, -0.25) is 4.18 Å². The standard InChI is InChI=1S/C18H30O3S.C9H14N/c1-2-3-4-5-6-7-8-9-10-14-17-21-22(19,20)18-15-12-11-13-16-18;1-2-3-7-10-8-5-4-6-9-10/h11-13,15-16H,2-10,14,17H2,1H3;4-6,8-9H,2-3,7H2,1H3/q;+1. The third-order valence-electron chi connectivity index (χ3n) is 5.32. The van der Waals surface area contributed by atoms with Gasteiger partial charge >= 0.3 is 0 Å². The lowest BCUT2D eigenvalue weighted by atomic mass is 10.1. The quantitative estimate of drug-likeness (QED) is 0.152. The second-order valence-electron chi connectivity index (χ2n) is 8.24. The van der Waals surface area contributed by atoms with E-state index in [1.807, 2.05) is 6.07 Å². The van der Waals surface area contributed by atoms with E-state index < -0.39 is 10.1 Å². The predicted octanol–water partition coefficient (Wildman–Crippen LogP) is 7.09. The van der Waals surface area contributed by atoms with Crippen LogP contribution in [0.3, 0.4) is 0 Å². The number of aryl methyl sites for hydroxylation is 1. The molecule has 2 aromatic rings. The zero-order chi connectivity index (χ0) is 23.3. The molecule has 0 spiro atoms. The summed E-state index contributed by atoms with van der Waals surface area (Å²) >= 11 is 0. The molecule has 0 aliphatic carbocycles. The van der Waals surface area contributed by atoms with Crippen molar-refractivity contribution in [2.75, 3.05) is 6.61 Å². The van der Waals surface area contributed by atoms with Crippen LogP contribution in [0, 0.1) is 0 Å². The molecular weight excluding hydrogens is 418 g/mol. The Balaban J connectivity index is 0.000000425. The zero-order valence-corrected chi connectivity index (χ0v) is 21.1. The van der Waals surface area contributed by atoms with Gasteiger partial charge in [0.05, 0.1) is 11.5 Å². The molecule has 0 saturated carbocycles. The summed E-state index contributed by atoms with van der Waals surface area (Å²) in [4.78, 5) is 0.238. The van der Waals surface area contributed by atoms with Gasteiger partial charge in [-0.25, -0.2) is 4.57 Å². The number of hydrogen-bond acceptors (Lipinski definition) is 3. The first-order chi connectivity index (χ1) is 15.6. The largest absolute Gasteiger partial charge is 0.296 e. The summed E-state index contributed by atoms with van der Waals surface area (Å²) in [5.41, 5.74) is 0. The van der Waals surface area contributed by atoms with Crippen LogP contribution in [-0.4, -0.2) is 15.0 Å². The van der Waals surface area contributed by atoms with Crippen molar-refractivity contribution in [1.82, 2.24) is 0 Å². The maximum atomic E-state index is 11.9. The highest BCUT2D eigenvalue weighted by atomic mass is 32.2. The van der Waals surface area contributed by atoms with Crippen LogP contribution in [0.15, 0.2) is 65.8 Å². The molecule has 0 radical (unpaired) electrons. The number of aromatic nitrogens is 1. The van der Waals surface area contributed by atoms with Crippen LogP contribution >= 0.6 is 0 Å². The van der Waals surface area contributed by atoms with Crippen molar-refractivity contribution in [3.8, 4) is 0 Å². The van der Waals surface area contributed by atoms with Gasteiger partial charge in [-0.05, 0) is 18.6 Å². The zero-order valence-electron chi connectivity index (χ0n) is 20.3. The molecule has 1 heterocycles. The summed E-state index contributed by atoms with van der Waals surface area (Å²) in [6.45, 7) is 5.88. The third-order valence-corrected chi connectivity index (χ3v) is 6.64. The van der Waals surface area contributed by atoms with Crippen molar-refractivity contribution >= 4 is 10.1 Å². The first-order valence-electron chi connectivity index (χ1n) is 12.5. The van der Waals surface area contributed by atoms with Crippen LogP contribution in [0.25, 0.3) is 0 Å². The van der Waals surface area contributed by atoms with Gasteiger partial charge in [0.25, 0.3) is 10.1 Å². The van der Waals surface area contributed by atoms with Crippen molar-refractivity contribution in [1.29, 1.82) is 0 Å². The van der Waals surface area contributed by atoms with Crippen molar-refractivity contribution in [2.45, 2.75) is 102 Å². The molecule has 1 aromatic heterocycles. The molecule has 180 valence electrons. The molecule has 32 heavy (non-hydrogen) atoms. The maximum absolute atomic E-state index is 11.9. The fourth-order valence-electron chi connectivity index (χ4n) is 3.34. The van der Waals surface area contributed by atoms with E-state index in [1.54, 1.807) is 30.3 Å².